The number of amides is 2. The van der Waals surface area contributed by atoms with E-state index in [2.05, 4.69) is 12.1 Å². The van der Waals surface area contributed by atoms with Crippen LogP contribution >= 0.6 is 11.6 Å². The van der Waals surface area contributed by atoms with Gasteiger partial charge in [0.15, 0.2) is 6.04 Å². The van der Waals surface area contributed by atoms with Crippen molar-refractivity contribution >= 4 is 29.1 Å². The predicted molar refractivity (Wildman–Crippen MR) is 93.9 cm³/mol. The van der Waals surface area contributed by atoms with Crippen molar-refractivity contribution in [1.82, 2.24) is 0 Å². The molecule has 0 unspecified atom stereocenters. The quantitative estimate of drug-likeness (QED) is 0.645. The fourth-order valence-corrected chi connectivity index (χ4v) is 3.10. The van der Waals surface area contributed by atoms with Crippen LogP contribution in [0.1, 0.15) is 18.4 Å². The average molecular weight is 344 g/mol. The van der Waals surface area contributed by atoms with Crippen LogP contribution in [0.25, 0.3) is 0 Å². The summed E-state index contributed by atoms with van der Waals surface area (Å²) in [5, 5.41) is 2.57. The Kier molecular flexibility index (Phi) is 5.28. The van der Waals surface area contributed by atoms with Crippen LogP contribution in [0.3, 0.4) is 0 Å². The summed E-state index contributed by atoms with van der Waals surface area (Å²) >= 11 is 5.86. The molecule has 0 aliphatic carbocycles. The van der Waals surface area contributed by atoms with E-state index in [-0.39, 0.29) is 24.3 Å². The van der Waals surface area contributed by atoms with Gasteiger partial charge >= 0.3 is 0 Å². The molecular formula is C19H20ClN2O2+. The summed E-state index contributed by atoms with van der Waals surface area (Å²) < 4.78 is 0. The molecule has 1 aliphatic heterocycles. The Morgan fingerprint density at radius 1 is 1.04 bits per heavy atom. The van der Waals surface area contributed by atoms with Crippen LogP contribution in [-0.2, 0) is 16.0 Å². The maximum Gasteiger partial charge on any atom is 0.292 e. The molecule has 1 saturated heterocycles. The number of hydrogen-bond donors (Lipinski definition) is 1. The Hall–Kier alpha value is -2.17. The van der Waals surface area contributed by atoms with Crippen molar-refractivity contribution in [2.45, 2.75) is 25.3 Å². The van der Waals surface area contributed by atoms with Gasteiger partial charge < -0.3 is 5.32 Å². The number of rotatable bonds is 6. The smallest absolute Gasteiger partial charge is 0.292 e. The highest BCUT2D eigenvalue weighted by molar-refractivity contribution is 6.30. The standard InChI is InChI=1S/C19H19ClN2O2/c20-15-8-10-16(11-9-15)22-18(23)13-17(19(22)24)21-12-4-7-14-5-2-1-3-6-14/h1-3,5-6,8-11,17,21H,4,7,12-13H2/p+1/t17-/m1/s1. The minimum atomic E-state index is -0.316. The van der Waals surface area contributed by atoms with E-state index in [0.29, 0.717) is 10.7 Å². The van der Waals surface area contributed by atoms with Crippen LogP contribution in [0.15, 0.2) is 54.6 Å². The van der Waals surface area contributed by atoms with Gasteiger partial charge in [-0.3, -0.25) is 9.59 Å². The molecule has 1 heterocycles. The molecule has 0 spiro atoms. The van der Waals surface area contributed by atoms with E-state index in [0.717, 1.165) is 19.4 Å². The molecule has 2 amide bonds. The van der Waals surface area contributed by atoms with Crippen molar-refractivity contribution in [3.8, 4) is 0 Å². The average Bonchev–Trinajstić information content (AvgIpc) is 2.88. The summed E-state index contributed by atoms with van der Waals surface area (Å²) in [6.07, 6.45) is 2.21. The van der Waals surface area contributed by atoms with Crippen molar-refractivity contribution in [1.29, 1.82) is 0 Å². The zero-order valence-electron chi connectivity index (χ0n) is 13.3. The summed E-state index contributed by atoms with van der Waals surface area (Å²) in [5.41, 5.74) is 1.89. The van der Waals surface area contributed by atoms with Crippen molar-refractivity contribution in [3.63, 3.8) is 0 Å². The Morgan fingerprint density at radius 3 is 2.46 bits per heavy atom. The zero-order chi connectivity index (χ0) is 16.9. The molecule has 0 aromatic heterocycles. The van der Waals surface area contributed by atoms with Crippen LogP contribution in [-0.4, -0.2) is 24.4 Å². The van der Waals surface area contributed by atoms with Crippen molar-refractivity contribution in [2.24, 2.45) is 0 Å². The van der Waals surface area contributed by atoms with Gasteiger partial charge in [0.1, 0.15) is 0 Å². The fraction of sp³-hybridized carbons (Fsp3) is 0.263. The third-order valence-corrected chi connectivity index (χ3v) is 4.48. The van der Waals surface area contributed by atoms with Gasteiger partial charge in [-0.15, -0.1) is 0 Å². The van der Waals surface area contributed by atoms with E-state index < -0.39 is 0 Å². The summed E-state index contributed by atoms with van der Waals surface area (Å²) in [7, 11) is 0. The number of carbonyl (C=O) groups is 2. The Labute approximate surface area is 146 Å². The molecule has 2 N–H and O–H groups in total. The maximum absolute atomic E-state index is 12.5. The van der Waals surface area contributed by atoms with Crippen LogP contribution in [0.2, 0.25) is 5.02 Å². The molecule has 0 bridgehead atoms. The molecule has 5 heteroatoms. The van der Waals surface area contributed by atoms with Gasteiger partial charge in [0.05, 0.1) is 18.7 Å². The van der Waals surface area contributed by atoms with Crippen molar-refractivity contribution < 1.29 is 14.9 Å². The molecule has 3 rings (SSSR count). The highest BCUT2D eigenvalue weighted by atomic mass is 35.5. The molecule has 0 radical (unpaired) electrons. The first-order valence-electron chi connectivity index (χ1n) is 8.15. The minimum Gasteiger partial charge on any atom is -0.336 e. The second kappa shape index (κ2) is 7.60. The van der Waals surface area contributed by atoms with Crippen LogP contribution in [0, 0.1) is 0 Å². The molecule has 24 heavy (non-hydrogen) atoms. The number of imide groups is 1. The molecule has 124 valence electrons. The first-order chi connectivity index (χ1) is 11.6. The lowest BCUT2D eigenvalue weighted by Gasteiger charge is -2.14. The Balaban J connectivity index is 1.53. The Morgan fingerprint density at radius 2 is 1.75 bits per heavy atom. The van der Waals surface area contributed by atoms with Gasteiger partial charge in [-0.25, -0.2) is 4.90 Å². The highest BCUT2D eigenvalue weighted by Crippen LogP contribution is 2.23. The third-order valence-electron chi connectivity index (χ3n) is 4.23. The van der Waals surface area contributed by atoms with Crippen molar-refractivity contribution in [3.05, 3.63) is 65.2 Å². The van der Waals surface area contributed by atoms with E-state index >= 15 is 0 Å². The lowest BCUT2D eigenvalue weighted by Crippen LogP contribution is -2.91. The number of benzene rings is 2. The zero-order valence-corrected chi connectivity index (χ0v) is 14.1. The lowest BCUT2D eigenvalue weighted by molar-refractivity contribution is -0.674. The number of hydrogen-bond acceptors (Lipinski definition) is 2. The maximum atomic E-state index is 12.5. The minimum absolute atomic E-state index is 0.137. The summed E-state index contributed by atoms with van der Waals surface area (Å²) in [6, 6.07) is 16.7. The van der Waals surface area contributed by atoms with E-state index in [4.69, 9.17) is 11.6 Å². The SMILES string of the molecule is O=C1C[C@@H]([NH2+]CCCc2ccccc2)C(=O)N1c1ccc(Cl)cc1. The normalized spacial score (nSPS) is 17.5. The van der Waals surface area contributed by atoms with Gasteiger partial charge in [0, 0.05) is 11.4 Å². The highest BCUT2D eigenvalue weighted by Gasteiger charge is 2.41. The van der Waals surface area contributed by atoms with E-state index in [1.165, 1.54) is 10.5 Å². The molecule has 2 aromatic carbocycles. The number of anilines is 1. The summed E-state index contributed by atoms with van der Waals surface area (Å²) in [6.45, 7) is 0.826. The second-order valence-electron chi connectivity index (χ2n) is 5.97. The van der Waals surface area contributed by atoms with E-state index in [1.54, 1.807) is 24.3 Å². The Bertz CT molecular complexity index is 716. The van der Waals surface area contributed by atoms with Gasteiger partial charge in [-0.2, -0.15) is 0 Å². The van der Waals surface area contributed by atoms with E-state index in [9.17, 15) is 9.59 Å². The monoisotopic (exact) mass is 343 g/mol. The lowest BCUT2D eigenvalue weighted by atomic mass is 10.1. The van der Waals surface area contributed by atoms with Crippen molar-refractivity contribution in [2.75, 3.05) is 11.4 Å². The second-order valence-corrected chi connectivity index (χ2v) is 6.40. The molecule has 4 nitrogen and oxygen atoms in total. The van der Waals surface area contributed by atoms with Gasteiger partial charge in [0.25, 0.3) is 5.91 Å². The van der Waals surface area contributed by atoms with E-state index in [1.807, 2.05) is 23.5 Å². The predicted octanol–water partition coefficient (Wildman–Crippen LogP) is 2.17. The number of carbonyl (C=O) groups excluding carboxylic acids is 2. The van der Waals surface area contributed by atoms with Crippen LogP contribution in [0.4, 0.5) is 5.69 Å². The molecular weight excluding hydrogens is 324 g/mol. The summed E-state index contributed by atoms with van der Waals surface area (Å²) in [5.74, 6) is -0.284. The molecule has 0 saturated carbocycles. The summed E-state index contributed by atoms with van der Waals surface area (Å²) in [4.78, 5) is 26.0. The molecule has 1 aliphatic rings. The van der Waals surface area contributed by atoms with Crippen LogP contribution in [0.5, 0.6) is 0 Å². The fourth-order valence-electron chi connectivity index (χ4n) is 2.97. The number of quaternary nitrogens is 1. The first-order valence-corrected chi connectivity index (χ1v) is 8.52. The van der Waals surface area contributed by atoms with Crippen LogP contribution < -0.4 is 10.2 Å². The molecule has 2 aromatic rings. The van der Waals surface area contributed by atoms with Gasteiger partial charge in [-0.05, 0) is 36.2 Å². The molecule has 1 atom stereocenters. The number of nitrogens with two attached hydrogens (primary N) is 1. The van der Waals surface area contributed by atoms with Gasteiger partial charge in [-0.1, -0.05) is 41.9 Å². The topological polar surface area (TPSA) is 54.0 Å². The first kappa shape index (κ1) is 16.7. The molecule has 1 fully saturated rings. The van der Waals surface area contributed by atoms with Gasteiger partial charge in [0.2, 0.25) is 5.91 Å². The number of aryl methyl sites for hydroxylation is 1. The number of nitrogens with zero attached hydrogens (tertiary/aromatic N) is 1. The number of halogens is 1. The largest absolute Gasteiger partial charge is 0.336 e. The third kappa shape index (κ3) is 3.83.